The molecule has 0 aliphatic heterocycles. The van der Waals surface area contributed by atoms with Crippen LogP contribution in [0.25, 0.3) is 11.5 Å². The number of carbonyl (C=O) groups is 1. The molecule has 0 saturated heterocycles. The molecule has 1 aromatic carbocycles. The molecule has 0 amide bonds. The van der Waals surface area contributed by atoms with Crippen LogP contribution in [0.1, 0.15) is 18.7 Å². The fourth-order valence-electron chi connectivity index (χ4n) is 1.84. The molecule has 0 aliphatic carbocycles. The topological polar surface area (TPSA) is 79.5 Å². The Morgan fingerprint density at radius 3 is 2.71 bits per heavy atom. The standard InChI is InChI=1S/C14H16ClN3O3/c1-18(8-2-3-13(19)20)9-12-16-17-14(21-12)10-4-6-11(15)7-5-10/h4-7H,2-3,8-9H2,1H3,(H,19,20). The first-order valence-electron chi connectivity index (χ1n) is 6.53. The Kier molecular flexibility index (Phi) is 5.30. The molecule has 0 aliphatic rings. The van der Waals surface area contributed by atoms with E-state index in [2.05, 4.69) is 10.2 Å². The second kappa shape index (κ2) is 7.19. The van der Waals surface area contributed by atoms with Gasteiger partial charge in [-0.15, -0.1) is 10.2 Å². The number of hydrogen-bond acceptors (Lipinski definition) is 5. The van der Waals surface area contributed by atoms with Crippen molar-refractivity contribution in [1.29, 1.82) is 0 Å². The number of rotatable bonds is 7. The molecule has 0 spiro atoms. The summed E-state index contributed by atoms with van der Waals surface area (Å²) in [7, 11) is 1.88. The summed E-state index contributed by atoms with van der Waals surface area (Å²) < 4.78 is 5.58. The molecule has 7 heteroatoms. The molecular weight excluding hydrogens is 294 g/mol. The second-order valence-electron chi connectivity index (χ2n) is 4.74. The highest BCUT2D eigenvalue weighted by atomic mass is 35.5. The Balaban J connectivity index is 1.90. The fourth-order valence-corrected chi connectivity index (χ4v) is 1.96. The maximum absolute atomic E-state index is 10.5. The summed E-state index contributed by atoms with van der Waals surface area (Å²) in [6.07, 6.45) is 0.744. The predicted octanol–water partition coefficient (Wildman–Crippen LogP) is 2.69. The zero-order chi connectivity index (χ0) is 15.2. The van der Waals surface area contributed by atoms with Crippen molar-refractivity contribution in [3.8, 4) is 11.5 Å². The van der Waals surface area contributed by atoms with Gasteiger partial charge in [0.25, 0.3) is 0 Å². The van der Waals surface area contributed by atoms with Gasteiger partial charge in [-0.3, -0.25) is 9.69 Å². The Labute approximate surface area is 127 Å². The van der Waals surface area contributed by atoms with E-state index in [1.54, 1.807) is 12.1 Å². The van der Waals surface area contributed by atoms with Crippen molar-refractivity contribution in [2.24, 2.45) is 0 Å². The van der Waals surface area contributed by atoms with Crippen LogP contribution in [0.3, 0.4) is 0 Å². The summed E-state index contributed by atoms with van der Waals surface area (Å²) in [4.78, 5) is 12.4. The first kappa shape index (κ1) is 15.5. The monoisotopic (exact) mass is 309 g/mol. The quantitative estimate of drug-likeness (QED) is 0.847. The van der Waals surface area contributed by atoms with Crippen molar-refractivity contribution >= 4 is 17.6 Å². The van der Waals surface area contributed by atoms with Crippen molar-refractivity contribution in [3.63, 3.8) is 0 Å². The average molecular weight is 310 g/mol. The summed E-state index contributed by atoms with van der Waals surface area (Å²) in [6.45, 7) is 1.14. The van der Waals surface area contributed by atoms with E-state index in [1.165, 1.54) is 0 Å². The third-order valence-corrected chi connectivity index (χ3v) is 3.15. The highest BCUT2D eigenvalue weighted by molar-refractivity contribution is 6.30. The lowest BCUT2D eigenvalue weighted by molar-refractivity contribution is -0.137. The Morgan fingerprint density at radius 2 is 2.05 bits per heavy atom. The first-order valence-corrected chi connectivity index (χ1v) is 6.91. The Bertz CT molecular complexity index is 598. The van der Waals surface area contributed by atoms with Crippen LogP contribution in [0.2, 0.25) is 5.02 Å². The highest BCUT2D eigenvalue weighted by Crippen LogP contribution is 2.20. The van der Waals surface area contributed by atoms with Gasteiger partial charge in [-0.1, -0.05) is 11.6 Å². The minimum atomic E-state index is -0.786. The molecule has 0 bridgehead atoms. The normalized spacial score (nSPS) is 11.0. The van der Waals surface area contributed by atoms with Gasteiger partial charge in [-0.05, 0) is 44.3 Å². The van der Waals surface area contributed by atoms with Crippen molar-refractivity contribution < 1.29 is 14.3 Å². The summed E-state index contributed by atoms with van der Waals surface area (Å²) in [6, 6.07) is 7.16. The van der Waals surface area contributed by atoms with Gasteiger partial charge in [0.1, 0.15) is 0 Å². The third kappa shape index (κ3) is 4.84. The predicted molar refractivity (Wildman–Crippen MR) is 77.9 cm³/mol. The zero-order valence-electron chi connectivity index (χ0n) is 11.6. The third-order valence-electron chi connectivity index (χ3n) is 2.89. The smallest absolute Gasteiger partial charge is 0.303 e. The lowest BCUT2D eigenvalue weighted by Gasteiger charge is -2.12. The number of carboxylic acid groups (broad SMARTS) is 1. The lowest BCUT2D eigenvalue weighted by Crippen LogP contribution is -2.20. The minimum absolute atomic E-state index is 0.157. The summed E-state index contributed by atoms with van der Waals surface area (Å²) in [5.74, 6) is 0.157. The number of halogens is 1. The number of hydrogen-bond donors (Lipinski definition) is 1. The molecule has 2 aromatic rings. The molecule has 1 aromatic heterocycles. The van der Waals surface area contributed by atoms with Crippen molar-refractivity contribution in [2.45, 2.75) is 19.4 Å². The maximum Gasteiger partial charge on any atom is 0.303 e. The molecule has 112 valence electrons. The van der Waals surface area contributed by atoms with Crippen LogP contribution in [0.4, 0.5) is 0 Å². The molecule has 1 heterocycles. The number of aliphatic carboxylic acids is 1. The number of aromatic nitrogens is 2. The van der Waals surface area contributed by atoms with E-state index < -0.39 is 5.97 Å². The molecule has 0 atom stereocenters. The molecular formula is C14H16ClN3O3. The molecule has 6 nitrogen and oxygen atoms in total. The molecule has 2 rings (SSSR count). The zero-order valence-corrected chi connectivity index (χ0v) is 12.4. The van der Waals surface area contributed by atoms with Crippen LogP contribution in [-0.2, 0) is 11.3 Å². The van der Waals surface area contributed by atoms with Crippen molar-refractivity contribution in [1.82, 2.24) is 15.1 Å². The van der Waals surface area contributed by atoms with Gasteiger partial charge in [0.2, 0.25) is 11.8 Å². The largest absolute Gasteiger partial charge is 0.481 e. The molecule has 0 saturated carbocycles. The summed E-state index contributed by atoms with van der Waals surface area (Å²) in [5.41, 5.74) is 0.812. The highest BCUT2D eigenvalue weighted by Gasteiger charge is 2.10. The van der Waals surface area contributed by atoms with Crippen LogP contribution in [0.5, 0.6) is 0 Å². The SMILES string of the molecule is CN(CCCC(=O)O)Cc1nnc(-c2ccc(Cl)cc2)o1. The Morgan fingerprint density at radius 1 is 1.33 bits per heavy atom. The van der Waals surface area contributed by atoms with Crippen molar-refractivity contribution in [3.05, 3.63) is 35.2 Å². The van der Waals surface area contributed by atoms with E-state index in [1.807, 2.05) is 24.1 Å². The van der Waals surface area contributed by atoms with Gasteiger partial charge < -0.3 is 9.52 Å². The maximum atomic E-state index is 10.5. The number of carboxylic acids is 1. The second-order valence-corrected chi connectivity index (χ2v) is 5.18. The van der Waals surface area contributed by atoms with Crippen LogP contribution in [0, 0.1) is 0 Å². The summed E-state index contributed by atoms with van der Waals surface area (Å²) >= 11 is 5.83. The van der Waals surface area contributed by atoms with Crippen LogP contribution < -0.4 is 0 Å². The van der Waals surface area contributed by atoms with E-state index in [-0.39, 0.29) is 6.42 Å². The Hall–Kier alpha value is -1.92. The van der Waals surface area contributed by atoms with Crippen molar-refractivity contribution in [2.75, 3.05) is 13.6 Å². The van der Waals surface area contributed by atoms with E-state index in [4.69, 9.17) is 21.1 Å². The van der Waals surface area contributed by atoms with Crippen LogP contribution >= 0.6 is 11.6 Å². The fraction of sp³-hybridized carbons (Fsp3) is 0.357. The van der Waals surface area contributed by atoms with E-state index in [0.717, 1.165) is 5.56 Å². The number of benzene rings is 1. The van der Waals surface area contributed by atoms with Crippen LogP contribution in [-0.4, -0.2) is 39.8 Å². The van der Waals surface area contributed by atoms with Gasteiger partial charge in [-0.2, -0.15) is 0 Å². The molecule has 21 heavy (non-hydrogen) atoms. The van der Waals surface area contributed by atoms with E-state index >= 15 is 0 Å². The van der Waals surface area contributed by atoms with Gasteiger partial charge in [-0.25, -0.2) is 0 Å². The molecule has 1 N–H and O–H groups in total. The van der Waals surface area contributed by atoms with Gasteiger partial charge in [0.15, 0.2) is 0 Å². The van der Waals surface area contributed by atoms with Gasteiger partial charge >= 0.3 is 5.97 Å². The van der Waals surface area contributed by atoms with E-state index in [9.17, 15) is 4.79 Å². The van der Waals surface area contributed by atoms with Gasteiger partial charge in [0.05, 0.1) is 6.54 Å². The molecule has 0 radical (unpaired) electrons. The average Bonchev–Trinajstić information content (AvgIpc) is 2.87. The minimum Gasteiger partial charge on any atom is -0.481 e. The van der Waals surface area contributed by atoms with E-state index in [0.29, 0.717) is 36.3 Å². The number of nitrogens with zero attached hydrogens (tertiary/aromatic N) is 3. The molecule has 0 unspecified atom stereocenters. The van der Waals surface area contributed by atoms with Crippen LogP contribution in [0.15, 0.2) is 28.7 Å². The summed E-state index contributed by atoms with van der Waals surface area (Å²) in [5, 5.41) is 17.2. The molecule has 0 fully saturated rings. The first-order chi connectivity index (χ1) is 10.0. The lowest BCUT2D eigenvalue weighted by atomic mass is 10.2. The van der Waals surface area contributed by atoms with Gasteiger partial charge in [0, 0.05) is 17.0 Å².